The van der Waals surface area contributed by atoms with Gasteiger partial charge in [-0.2, -0.15) is 0 Å². The predicted molar refractivity (Wildman–Crippen MR) is 61.5 cm³/mol. The van der Waals surface area contributed by atoms with Crippen LogP contribution in [0.3, 0.4) is 0 Å². The van der Waals surface area contributed by atoms with E-state index >= 15 is 0 Å². The number of hydrogen-bond donors (Lipinski definition) is 2. The van der Waals surface area contributed by atoms with Crippen LogP contribution in [0, 0.1) is 11.8 Å². The Balaban J connectivity index is 2.07. The summed E-state index contributed by atoms with van der Waals surface area (Å²) in [6, 6.07) is 0. The number of amides is 1. The molecular formula is C10H11N3O3S. The zero-order valence-electron chi connectivity index (χ0n) is 8.87. The Morgan fingerprint density at radius 1 is 1.35 bits per heavy atom. The lowest BCUT2D eigenvalue weighted by molar-refractivity contribution is -0.146. The van der Waals surface area contributed by atoms with Gasteiger partial charge in [-0.25, -0.2) is 0 Å². The minimum atomic E-state index is -0.938. The number of hydrogen-bond acceptors (Lipinski definition) is 5. The van der Waals surface area contributed by atoms with Crippen LogP contribution in [0.2, 0.25) is 0 Å². The normalized spacial score (nSPS) is 23.3. The van der Waals surface area contributed by atoms with Crippen molar-refractivity contribution in [2.45, 2.75) is 12.8 Å². The molecule has 0 saturated heterocycles. The standard InChI is InChI=1S/C10H11N3O3S/c14-8(12-10-13-11-5-17-10)6-3-1-2-4-7(6)9(15)16/h1-2,5-7H,3-4H2,(H,15,16)(H,12,13,14)/t6-,7-/m0/s1. The highest BCUT2D eigenvalue weighted by Gasteiger charge is 2.34. The van der Waals surface area contributed by atoms with Gasteiger partial charge in [-0.15, -0.1) is 10.2 Å². The largest absolute Gasteiger partial charge is 0.481 e. The highest BCUT2D eigenvalue weighted by atomic mass is 32.1. The first kappa shape index (κ1) is 11.7. The van der Waals surface area contributed by atoms with Crippen molar-refractivity contribution in [1.29, 1.82) is 0 Å². The molecule has 1 heterocycles. The fourth-order valence-corrected chi connectivity index (χ4v) is 2.25. The van der Waals surface area contributed by atoms with Crippen LogP contribution in [-0.4, -0.2) is 27.2 Å². The molecular weight excluding hydrogens is 242 g/mol. The number of anilines is 1. The van der Waals surface area contributed by atoms with Gasteiger partial charge in [-0.3, -0.25) is 9.59 Å². The van der Waals surface area contributed by atoms with E-state index in [-0.39, 0.29) is 5.91 Å². The third-order valence-corrected chi connectivity index (χ3v) is 3.28. The Bertz CT molecular complexity index is 444. The molecule has 2 N–H and O–H groups in total. The molecule has 0 aliphatic heterocycles. The number of nitrogens with one attached hydrogen (secondary N) is 1. The number of allylic oxidation sites excluding steroid dienone is 2. The first-order chi connectivity index (χ1) is 8.18. The average Bonchev–Trinajstić information content (AvgIpc) is 2.81. The summed E-state index contributed by atoms with van der Waals surface area (Å²) in [5.41, 5.74) is 1.51. The second-order valence-corrected chi connectivity index (χ2v) is 4.56. The lowest BCUT2D eigenvalue weighted by Gasteiger charge is -2.23. The minimum absolute atomic E-state index is 0.307. The molecule has 90 valence electrons. The molecule has 1 amide bonds. The molecule has 1 aromatic heterocycles. The molecule has 0 bridgehead atoms. The summed E-state index contributed by atoms with van der Waals surface area (Å²) in [4.78, 5) is 22.9. The summed E-state index contributed by atoms with van der Waals surface area (Å²) in [5.74, 6) is -2.44. The van der Waals surface area contributed by atoms with Crippen molar-refractivity contribution >= 4 is 28.3 Å². The van der Waals surface area contributed by atoms with Gasteiger partial charge in [0.2, 0.25) is 11.0 Å². The molecule has 1 aliphatic carbocycles. The van der Waals surface area contributed by atoms with Gasteiger partial charge in [0.1, 0.15) is 5.51 Å². The Kier molecular flexibility index (Phi) is 3.48. The van der Waals surface area contributed by atoms with E-state index in [1.54, 1.807) is 6.08 Å². The van der Waals surface area contributed by atoms with Crippen LogP contribution in [0.25, 0.3) is 0 Å². The van der Waals surface area contributed by atoms with Crippen molar-refractivity contribution < 1.29 is 14.7 Å². The third-order valence-electron chi connectivity index (χ3n) is 2.68. The van der Waals surface area contributed by atoms with Crippen molar-refractivity contribution in [3.05, 3.63) is 17.7 Å². The van der Waals surface area contributed by atoms with Crippen molar-refractivity contribution in [3.8, 4) is 0 Å². The van der Waals surface area contributed by atoms with E-state index in [1.807, 2.05) is 6.08 Å². The maximum absolute atomic E-state index is 11.9. The molecule has 7 heteroatoms. The fraction of sp³-hybridized carbons (Fsp3) is 0.400. The van der Waals surface area contributed by atoms with Crippen molar-refractivity contribution in [2.24, 2.45) is 11.8 Å². The minimum Gasteiger partial charge on any atom is -0.481 e. The fourth-order valence-electron chi connectivity index (χ4n) is 1.80. The van der Waals surface area contributed by atoms with Crippen LogP contribution in [-0.2, 0) is 9.59 Å². The maximum Gasteiger partial charge on any atom is 0.307 e. The van der Waals surface area contributed by atoms with Gasteiger partial charge < -0.3 is 10.4 Å². The van der Waals surface area contributed by atoms with Gasteiger partial charge in [0, 0.05) is 0 Å². The van der Waals surface area contributed by atoms with E-state index < -0.39 is 17.8 Å². The lowest BCUT2D eigenvalue weighted by atomic mass is 9.82. The molecule has 0 unspecified atom stereocenters. The number of carbonyl (C=O) groups is 2. The van der Waals surface area contributed by atoms with Gasteiger partial charge in [0.15, 0.2) is 0 Å². The van der Waals surface area contributed by atoms with Gasteiger partial charge in [0.05, 0.1) is 11.8 Å². The second-order valence-electron chi connectivity index (χ2n) is 3.73. The highest BCUT2D eigenvalue weighted by molar-refractivity contribution is 7.13. The Hall–Kier alpha value is -1.76. The summed E-state index contributed by atoms with van der Waals surface area (Å²) in [6.45, 7) is 0. The molecule has 2 rings (SSSR count). The van der Waals surface area contributed by atoms with Crippen molar-refractivity contribution in [1.82, 2.24) is 10.2 Å². The Labute approximate surface area is 101 Å². The summed E-state index contributed by atoms with van der Waals surface area (Å²) in [5, 5.41) is 19.3. The molecule has 1 aliphatic rings. The van der Waals surface area contributed by atoms with Gasteiger partial charge in [-0.1, -0.05) is 23.5 Å². The third kappa shape index (κ3) is 2.68. The van der Waals surface area contributed by atoms with Crippen molar-refractivity contribution in [3.63, 3.8) is 0 Å². The van der Waals surface area contributed by atoms with E-state index in [0.717, 1.165) is 0 Å². The van der Waals surface area contributed by atoms with Gasteiger partial charge >= 0.3 is 5.97 Å². The van der Waals surface area contributed by atoms with Crippen molar-refractivity contribution in [2.75, 3.05) is 5.32 Å². The monoisotopic (exact) mass is 253 g/mol. The molecule has 0 fully saturated rings. The summed E-state index contributed by atoms with van der Waals surface area (Å²) < 4.78 is 0. The molecule has 17 heavy (non-hydrogen) atoms. The molecule has 2 atom stereocenters. The van der Waals surface area contributed by atoms with Crippen LogP contribution in [0.5, 0.6) is 0 Å². The molecule has 0 saturated carbocycles. The first-order valence-corrected chi connectivity index (χ1v) is 6.01. The van der Waals surface area contributed by atoms with E-state index in [2.05, 4.69) is 15.5 Å². The van der Waals surface area contributed by atoms with E-state index in [1.165, 1.54) is 16.8 Å². The first-order valence-electron chi connectivity index (χ1n) is 5.13. The maximum atomic E-state index is 11.9. The molecule has 0 radical (unpaired) electrons. The van der Waals surface area contributed by atoms with Gasteiger partial charge in [-0.05, 0) is 12.8 Å². The van der Waals surface area contributed by atoms with Crippen LogP contribution in [0.15, 0.2) is 17.7 Å². The number of aromatic nitrogens is 2. The average molecular weight is 253 g/mol. The number of carboxylic acid groups (broad SMARTS) is 1. The number of aliphatic carboxylic acids is 1. The quantitative estimate of drug-likeness (QED) is 0.788. The summed E-state index contributed by atoms with van der Waals surface area (Å²) >= 11 is 1.21. The van der Waals surface area contributed by atoms with Crippen LogP contribution >= 0.6 is 11.3 Å². The molecule has 1 aromatic rings. The van der Waals surface area contributed by atoms with Crippen LogP contribution < -0.4 is 5.32 Å². The zero-order valence-corrected chi connectivity index (χ0v) is 9.68. The lowest BCUT2D eigenvalue weighted by Crippen LogP contribution is -2.34. The van der Waals surface area contributed by atoms with Crippen LogP contribution in [0.1, 0.15) is 12.8 Å². The SMILES string of the molecule is O=C(O)[C@H]1CC=CC[C@@H]1C(=O)Nc1nncs1. The number of carboxylic acids is 1. The Morgan fingerprint density at radius 3 is 2.65 bits per heavy atom. The van der Waals surface area contributed by atoms with Gasteiger partial charge in [0.25, 0.3) is 0 Å². The second kappa shape index (κ2) is 5.05. The molecule has 0 spiro atoms. The predicted octanol–water partition coefficient (Wildman–Crippen LogP) is 1.14. The zero-order chi connectivity index (χ0) is 12.3. The van der Waals surface area contributed by atoms with Crippen LogP contribution in [0.4, 0.5) is 5.13 Å². The number of rotatable bonds is 3. The topological polar surface area (TPSA) is 92.2 Å². The molecule has 6 nitrogen and oxygen atoms in total. The highest BCUT2D eigenvalue weighted by Crippen LogP contribution is 2.27. The summed E-state index contributed by atoms with van der Waals surface area (Å²) in [6.07, 6.45) is 4.47. The smallest absolute Gasteiger partial charge is 0.307 e. The molecule has 0 aromatic carbocycles. The number of nitrogens with zero attached hydrogens (tertiary/aromatic N) is 2. The van der Waals surface area contributed by atoms with E-state index in [9.17, 15) is 9.59 Å². The number of carbonyl (C=O) groups excluding carboxylic acids is 1. The van der Waals surface area contributed by atoms with E-state index in [0.29, 0.717) is 18.0 Å². The van der Waals surface area contributed by atoms with E-state index in [4.69, 9.17) is 5.11 Å². The summed E-state index contributed by atoms with van der Waals surface area (Å²) in [7, 11) is 0. The Morgan fingerprint density at radius 2 is 2.06 bits per heavy atom.